The molecule has 38 heavy (non-hydrogen) atoms. The van der Waals surface area contributed by atoms with E-state index >= 15 is 0 Å². The number of amides is 3. The van der Waals surface area contributed by atoms with E-state index in [1.807, 2.05) is 41.3 Å². The molecule has 4 atom stereocenters. The van der Waals surface area contributed by atoms with Crippen LogP contribution >= 0.6 is 0 Å². The summed E-state index contributed by atoms with van der Waals surface area (Å²) in [4.78, 5) is 55.1. The van der Waals surface area contributed by atoms with Crippen LogP contribution in [-0.4, -0.2) is 41.8 Å². The average Bonchev–Trinajstić information content (AvgIpc) is 3.41. The van der Waals surface area contributed by atoms with Crippen molar-refractivity contribution < 1.29 is 24.0 Å². The Morgan fingerprint density at radius 1 is 0.921 bits per heavy atom. The van der Waals surface area contributed by atoms with Gasteiger partial charge in [0.25, 0.3) is 5.69 Å². The molecule has 0 spiro atoms. The minimum atomic E-state index is -0.998. The quantitative estimate of drug-likeness (QED) is 0.316. The number of ether oxygens (including phenoxy) is 1. The van der Waals surface area contributed by atoms with Crippen molar-refractivity contribution in [3.8, 4) is 5.75 Å². The monoisotopic (exact) mass is 510 g/mol. The molecule has 0 bridgehead atoms. The summed E-state index contributed by atoms with van der Waals surface area (Å²) in [6.45, 7) is 0. The Balaban J connectivity index is 1.42. The molecule has 3 aromatic rings. The van der Waals surface area contributed by atoms with E-state index in [0.29, 0.717) is 17.1 Å². The zero-order valence-corrected chi connectivity index (χ0v) is 20.2. The van der Waals surface area contributed by atoms with Gasteiger partial charge >= 0.3 is 0 Å². The Labute approximate surface area is 217 Å². The number of hydrogen-bond donors (Lipinski definition) is 1. The number of hydrogen-bond acceptors (Lipinski definition) is 7. The Morgan fingerprint density at radius 3 is 2.29 bits per heavy atom. The van der Waals surface area contributed by atoms with Crippen LogP contribution < -0.4 is 19.9 Å². The summed E-state index contributed by atoms with van der Waals surface area (Å²) in [5.74, 6) is -2.72. The summed E-state index contributed by atoms with van der Waals surface area (Å²) in [7, 11) is 1.47. The Morgan fingerprint density at radius 2 is 1.58 bits per heavy atom. The van der Waals surface area contributed by atoms with Crippen LogP contribution in [0.3, 0.4) is 0 Å². The first-order valence-corrected chi connectivity index (χ1v) is 12.0. The second-order valence-corrected chi connectivity index (χ2v) is 9.29. The molecule has 3 amide bonds. The SMILES string of the molecule is COc1ccccc1N1C(=O)[C@@H]2[C@H](C1=O)[C@@H](C(=O)Nc1ccc([N+](=O)[O-])cc1)N1c3ccccc3C=C[C@H]21. The summed E-state index contributed by atoms with van der Waals surface area (Å²) in [6, 6.07) is 18.2. The molecule has 0 radical (unpaired) electrons. The molecular formula is C28H22N4O6. The highest BCUT2D eigenvalue weighted by atomic mass is 16.6. The van der Waals surface area contributed by atoms with Crippen molar-refractivity contribution in [2.45, 2.75) is 12.1 Å². The van der Waals surface area contributed by atoms with Gasteiger partial charge in [-0.3, -0.25) is 24.5 Å². The lowest BCUT2D eigenvalue weighted by molar-refractivity contribution is -0.384. The second-order valence-electron chi connectivity index (χ2n) is 9.29. The first-order valence-electron chi connectivity index (χ1n) is 12.0. The molecule has 0 saturated carbocycles. The van der Waals surface area contributed by atoms with Crippen molar-refractivity contribution in [2.24, 2.45) is 11.8 Å². The Hall–Kier alpha value is -4.99. The number of fused-ring (bicyclic) bond motifs is 5. The standard InChI is InChI=1S/C28H22N4O6/c1-38-22-9-5-4-8-20(22)31-27(34)23-21-15-10-16-6-2-3-7-19(16)30(21)25(24(23)28(31)35)26(33)29-17-11-13-18(14-12-17)32(36)37/h2-15,21,23-25H,1H3,(H,29,33)/t21-,23+,24+,25+/m1/s1. The number of non-ortho nitro benzene ring substituents is 1. The van der Waals surface area contributed by atoms with E-state index < -0.39 is 46.6 Å². The molecule has 3 heterocycles. The highest BCUT2D eigenvalue weighted by molar-refractivity contribution is 6.25. The maximum absolute atomic E-state index is 14.0. The highest BCUT2D eigenvalue weighted by Gasteiger charge is 2.64. The summed E-state index contributed by atoms with van der Waals surface area (Å²) >= 11 is 0. The zero-order chi connectivity index (χ0) is 26.6. The van der Waals surface area contributed by atoms with E-state index in [-0.39, 0.29) is 5.69 Å². The third-order valence-corrected chi connectivity index (χ3v) is 7.36. The van der Waals surface area contributed by atoms with Gasteiger partial charge in [0.05, 0.1) is 35.6 Å². The number of anilines is 3. The predicted octanol–water partition coefficient (Wildman–Crippen LogP) is 3.63. The summed E-state index contributed by atoms with van der Waals surface area (Å²) in [5.41, 5.74) is 2.20. The molecule has 2 saturated heterocycles. The van der Waals surface area contributed by atoms with E-state index in [9.17, 15) is 24.5 Å². The first kappa shape index (κ1) is 23.4. The average molecular weight is 511 g/mol. The van der Waals surface area contributed by atoms with Crippen molar-refractivity contribution in [1.82, 2.24) is 0 Å². The van der Waals surface area contributed by atoms with Gasteiger partial charge in [-0.2, -0.15) is 0 Å². The highest BCUT2D eigenvalue weighted by Crippen LogP contribution is 2.50. The van der Waals surface area contributed by atoms with Crippen molar-refractivity contribution in [3.63, 3.8) is 0 Å². The summed E-state index contributed by atoms with van der Waals surface area (Å²) in [6.07, 6.45) is 3.78. The fourth-order valence-corrected chi connectivity index (χ4v) is 5.75. The molecule has 3 aliphatic heterocycles. The smallest absolute Gasteiger partial charge is 0.269 e. The molecule has 0 unspecified atom stereocenters. The zero-order valence-electron chi connectivity index (χ0n) is 20.2. The number of imide groups is 1. The third-order valence-electron chi connectivity index (χ3n) is 7.36. The van der Waals surface area contributed by atoms with Crippen LogP contribution in [0.25, 0.3) is 6.08 Å². The van der Waals surface area contributed by atoms with Gasteiger partial charge in [-0.1, -0.05) is 42.5 Å². The number of nitrogens with one attached hydrogen (secondary N) is 1. The van der Waals surface area contributed by atoms with Crippen molar-refractivity contribution in [2.75, 3.05) is 22.2 Å². The normalized spacial score (nSPS) is 23.1. The minimum Gasteiger partial charge on any atom is -0.495 e. The van der Waals surface area contributed by atoms with Gasteiger partial charge < -0.3 is 15.0 Å². The summed E-state index contributed by atoms with van der Waals surface area (Å²) in [5, 5.41) is 13.8. The molecule has 0 aliphatic carbocycles. The fraction of sp³-hybridized carbons (Fsp3) is 0.179. The largest absolute Gasteiger partial charge is 0.495 e. The molecule has 0 aromatic heterocycles. The van der Waals surface area contributed by atoms with Gasteiger partial charge in [-0.05, 0) is 35.9 Å². The predicted molar refractivity (Wildman–Crippen MR) is 140 cm³/mol. The molecule has 10 nitrogen and oxygen atoms in total. The Kier molecular flexibility index (Phi) is 5.45. The molecular weight excluding hydrogens is 488 g/mol. The lowest BCUT2D eigenvalue weighted by Gasteiger charge is -2.36. The van der Waals surface area contributed by atoms with Crippen LogP contribution in [0.15, 0.2) is 78.9 Å². The second kappa shape index (κ2) is 8.84. The van der Waals surface area contributed by atoms with E-state index in [2.05, 4.69) is 5.32 Å². The minimum absolute atomic E-state index is 0.108. The van der Waals surface area contributed by atoms with Gasteiger partial charge in [-0.25, -0.2) is 4.90 Å². The number of benzene rings is 3. The first-order chi connectivity index (χ1) is 18.4. The van der Waals surface area contributed by atoms with Crippen molar-refractivity contribution in [1.29, 1.82) is 0 Å². The van der Waals surface area contributed by atoms with Gasteiger partial charge in [0.15, 0.2) is 0 Å². The number of carbonyl (C=O) groups is 3. The van der Waals surface area contributed by atoms with Crippen LogP contribution in [-0.2, 0) is 14.4 Å². The number of nitro benzene ring substituents is 1. The maximum atomic E-state index is 14.0. The third kappa shape index (κ3) is 3.45. The summed E-state index contributed by atoms with van der Waals surface area (Å²) < 4.78 is 5.41. The van der Waals surface area contributed by atoms with Gasteiger partial charge in [-0.15, -0.1) is 0 Å². The van der Waals surface area contributed by atoms with Crippen LogP contribution in [0, 0.1) is 22.0 Å². The lowest BCUT2D eigenvalue weighted by atomic mass is 9.88. The van der Waals surface area contributed by atoms with Crippen LogP contribution in [0.1, 0.15) is 5.56 Å². The molecule has 190 valence electrons. The number of carbonyl (C=O) groups excluding carboxylic acids is 3. The lowest BCUT2D eigenvalue weighted by Crippen LogP contribution is -2.50. The molecule has 6 rings (SSSR count). The van der Waals surface area contributed by atoms with Gasteiger partial charge in [0.2, 0.25) is 17.7 Å². The molecule has 10 heteroatoms. The number of nitro groups is 1. The van der Waals surface area contributed by atoms with E-state index in [0.717, 1.165) is 16.2 Å². The molecule has 1 N–H and O–H groups in total. The molecule has 2 fully saturated rings. The van der Waals surface area contributed by atoms with Crippen molar-refractivity contribution >= 4 is 46.5 Å². The van der Waals surface area contributed by atoms with Gasteiger partial charge in [0, 0.05) is 23.5 Å². The number of methoxy groups -OCH3 is 1. The Bertz CT molecular complexity index is 1520. The van der Waals surface area contributed by atoms with Crippen molar-refractivity contribution in [3.05, 3.63) is 94.6 Å². The number of nitrogens with zero attached hydrogens (tertiary/aromatic N) is 3. The maximum Gasteiger partial charge on any atom is 0.269 e. The van der Waals surface area contributed by atoms with Gasteiger partial charge in [0.1, 0.15) is 11.8 Å². The number of para-hydroxylation sites is 3. The molecule has 3 aliphatic rings. The number of rotatable bonds is 5. The van der Waals surface area contributed by atoms with Crippen LogP contribution in [0.2, 0.25) is 0 Å². The van der Waals surface area contributed by atoms with E-state index in [1.54, 1.807) is 24.3 Å². The molecule has 3 aromatic carbocycles. The topological polar surface area (TPSA) is 122 Å². The van der Waals surface area contributed by atoms with E-state index in [1.165, 1.54) is 31.4 Å². The van der Waals surface area contributed by atoms with Crippen LogP contribution in [0.4, 0.5) is 22.7 Å². The van der Waals surface area contributed by atoms with Crippen LogP contribution in [0.5, 0.6) is 5.75 Å². The fourth-order valence-electron chi connectivity index (χ4n) is 5.75. The van der Waals surface area contributed by atoms with E-state index in [4.69, 9.17) is 4.74 Å².